The Morgan fingerprint density at radius 3 is 2.62 bits per heavy atom. The summed E-state index contributed by atoms with van der Waals surface area (Å²) in [5.41, 5.74) is 3.79. The first-order chi connectivity index (χ1) is 15.6. The van der Waals surface area contributed by atoms with Gasteiger partial charge in [-0.2, -0.15) is 5.10 Å². The number of rotatable bonds is 6. The molecule has 2 aromatic carbocycles. The van der Waals surface area contributed by atoms with Gasteiger partial charge in [0, 0.05) is 25.4 Å². The third kappa shape index (κ3) is 3.76. The first-order valence-electron chi connectivity index (χ1n) is 10.1. The number of hydrogen-bond donors (Lipinski definition) is 0. The van der Waals surface area contributed by atoms with Gasteiger partial charge in [0.05, 0.1) is 16.1 Å². The maximum atomic E-state index is 13.0. The van der Waals surface area contributed by atoms with Crippen LogP contribution in [0.3, 0.4) is 0 Å². The molecule has 5 aromatic rings. The lowest BCUT2D eigenvalue weighted by atomic mass is 10.2. The average molecular weight is 445 g/mol. The standard InChI is InChI=1S/C24H20N4O3S/c1-26(22(29)16-27-19-10-5-6-11-20(19)31-24(27)30)14-17-15-28(18-8-3-2-4-9-18)25-23(17)21-12-7-13-32-21/h2-13,15H,14,16H2,1H3. The molecule has 0 saturated heterocycles. The van der Waals surface area contributed by atoms with Crippen LogP contribution in [0, 0.1) is 0 Å². The van der Waals surface area contributed by atoms with E-state index in [1.807, 2.05) is 64.8 Å². The molecule has 0 aliphatic carbocycles. The number of hydrogen-bond acceptors (Lipinski definition) is 5. The molecule has 5 rings (SSSR count). The summed E-state index contributed by atoms with van der Waals surface area (Å²) in [7, 11) is 1.73. The quantitative estimate of drug-likeness (QED) is 0.394. The second-order valence-electron chi connectivity index (χ2n) is 7.43. The number of carbonyl (C=O) groups excluding carboxylic acids is 1. The van der Waals surface area contributed by atoms with Crippen LogP contribution in [-0.4, -0.2) is 32.2 Å². The van der Waals surface area contributed by atoms with Crippen molar-refractivity contribution in [1.82, 2.24) is 19.2 Å². The van der Waals surface area contributed by atoms with Crippen LogP contribution in [0.25, 0.3) is 27.4 Å². The molecule has 1 amide bonds. The van der Waals surface area contributed by atoms with E-state index >= 15 is 0 Å². The largest absolute Gasteiger partial charge is 0.420 e. The van der Waals surface area contributed by atoms with Crippen molar-refractivity contribution >= 4 is 28.3 Å². The first-order valence-corrected chi connectivity index (χ1v) is 11.0. The van der Waals surface area contributed by atoms with Gasteiger partial charge in [-0.1, -0.05) is 36.4 Å². The third-order valence-electron chi connectivity index (χ3n) is 5.27. The van der Waals surface area contributed by atoms with Gasteiger partial charge < -0.3 is 9.32 Å². The Kier molecular flexibility index (Phi) is 5.20. The van der Waals surface area contributed by atoms with Crippen molar-refractivity contribution in [3.63, 3.8) is 0 Å². The van der Waals surface area contributed by atoms with Gasteiger partial charge in [-0.05, 0) is 35.7 Å². The summed E-state index contributed by atoms with van der Waals surface area (Å²) in [4.78, 5) is 27.9. The van der Waals surface area contributed by atoms with Crippen molar-refractivity contribution in [2.45, 2.75) is 13.1 Å². The molecule has 0 N–H and O–H groups in total. The fourth-order valence-corrected chi connectivity index (χ4v) is 4.37. The lowest BCUT2D eigenvalue weighted by Crippen LogP contribution is -2.32. The van der Waals surface area contributed by atoms with Crippen LogP contribution < -0.4 is 5.76 Å². The highest BCUT2D eigenvalue weighted by Crippen LogP contribution is 2.28. The van der Waals surface area contributed by atoms with Gasteiger partial charge in [-0.15, -0.1) is 11.3 Å². The maximum Gasteiger partial charge on any atom is 0.420 e. The molecule has 3 aromatic heterocycles. The Morgan fingerprint density at radius 2 is 1.84 bits per heavy atom. The SMILES string of the molecule is CN(Cc1cn(-c2ccccc2)nc1-c1cccs1)C(=O)Cn1c(=O)oc2ccccc21. The van der Waals surface area contributed by atoms with E-state index in [2.05, 4.69) is 0 Å². The van der Waals surface area contributed by atoms with Crippen LogP contribution in [-0.2, 0) is 17.9 Å². The average Bonchev–Trinajstić information content (AvgIpc) is 3.54. The highest BCUT2D eigenvalue weighted by molar-refractivity contribution is 7.13. The number of nitrogens with zero attached hydrogens (tertiary/aromatic N) is 4. The lowest BCUT2D eigenvalue weighted by Gasteiger charge is -2.17. The molecular formula is C24H20N4O3S. The second kappa shape index (κ2) is 8.32. The van der Waals surface area contributed by atoms with Gasteiger partial charge in [0.25, 0.3) is 0 Å². The van der Waals surface area contributed by atoms with E-state index in [9.17, 15) is 9.59 Å². The zero-order valence-corrected chi connectivity index (χ0v) is 18.2. The molecule has 3 heterocycles. The molecule has 0 bridgehead atoms. The zero-order valence-electron chi connectivity index (χ0n) is 17.3. The van der Waals surface area contributed by atoms with E-state index in [1.165, 1.54) is 4.57 Å². The molecule has 0 aliphatic heterocycles. The summed E-state index contributed by atoms with van der Waals surface area (Å²) in [6.07, 6.45) is 1.95. The lowest BCUT2D eigenvalue weighted by molar-refractivity contribution is -0.131. The van der Waals surface area contributed by atoms with Gasteiger partial charge in [-0.3, -0.25) is 9.36 Å². The van der Waals surface area contributed by atoms with E-state index in [0.29, 0.717) is 17.6 Å². The fourth-order valence-electron chi connectivity index (χ4n) is 3.62. The number of oxazole rings is 1. The summed E-state index contributed by atoms with van der Waals surface area (Å²) in [6, 6.07) is 20.9. The fraction of sp³-hybridized carbons (Fsp3) is 0.125. The molecule has 32 heavy (non-hydrogen) atoms. The highest BCUT2D eigenvalue weighted by Gasteiger charge is 2.19. The molecule has 7 nitrogen and oxygen atoms in total. The van der Waals surface area contributed by atoms with Gasteiger partial charge >= 0.3 is 5.76 Å². The number of amides is 1. The minimum atomic E-state index is -0.538. The van der Waals surface area contributed by atoms with Crippen molar-refractivity contribution in [3.8, 4) is 16.3 Å². The van der Waals surface area contributed by atoms with Crippen LogP contribution in [0.15, 0.2) is 87.5 Å². The smallest absolute Gasteiger partial charge is 0.408 e. The molecule has 0 radical (unpaired) electrons. The summed E-state index contributed by atoms with van der Waals surface area (Å²) in [5.74, 6) is -0.729. The molecule has 0 fully saturated rings. The van der Waals surface area contributed by atoms with Gasteiger partial charge in [0.15, 0.2) is 5.58 Å². The number of thiophene rings is 1. The zero-order chi connectivity index (χ0) is 22.1. The van der Waals surface area contributed by atoms with E-state index in [4.69, 9.17) is 9.52 Å². The Morgan fingerprint density at radius 1 is 1.06 bits per heavy atom. The monoisotopic (exact) mass is 444 g/mol. The van der Waals surface area contributed by atoms with Crippen LogP contribution in [0.1, 0.15) is 5.56 Å². The minimum absolute atomic E-state index is 0.0898. The van der Waals surface area contributed by atoms with Crippen molar-refractivity contribution in [2.75, 3.05) is 7.05 Å². The third-order valence-corrected chi connectivity index (χ3v) is 6.14. The summed E-state index contributed by atoms with van der Waals surface area (Å²) in [6.45, 7) is 0.275. The summed E-state index contributed by atoms with van der Waals surface area (Å²) >= 11 is 1.60. The highest BCUT2D eigenvalue weighted by atomic mass is 32.1. The van der Waals surface area contributed by atoms with Gasteiger partial charge in [-0.25, -0.2) is 9.48 Å². The number of fused-ring (bicyclic) bond motifs is 1. The van der Waals surface area contributed by atoms with Crippen LogP contribution in [0.5, 0.6) is 0 Å². The summed E-state index contributed by atoms with van der Waals surface area (Å²) in [5, 5.41) is 6.79. The Bertz CT molecular complexity index is 1430. The van der Waals surface area contributed by atoms with Crippen molar-refractivity contribution in [2.24, 2.45) is 0 Å². The number of carbonyl (C=O) groups is 1. The molecule has 160 valence electrons. The summed E-state index contributed by atoms with van der Waals surface area (Å²) < 4.78 is 8.44. The molecule has 0 spiro atoms. The molecular weight excluding hydrogens is 424 g/mol. The Balaban J connectivity index is 1.42. The van der Waals surface area contributed by atoms with Gasteiger partial charge in [0.1, 0.15) is 12.2 Å². The molecule has 0 aliphatic rings. The number of benzene rings is 2. The first kappa shape index (κ1) is 20.0. The van der Waals surface area contributed by atoms with Crippen LogP contribution >= 0.6 is 11.3 Å². The van der Waals surface area contributed by atoms with E-state index in [-0.39, 0.29) is 12.5 Å². The molecule has 0 atom stereocenters. The van der Waals surface area contributed by atoms with Crippen molar-refractivity contribution < 1.29 is 9.21 Å². The van der Waals surface area contributed by atoms with Crippen molar-refractivity contribution in [1.29, 1.82) is 0 Å². The van der Waals surface area contributed by atoms with E-state index in [1.54, 1.807) is 41.5 Å². The van der Waals surface area contributed by atoms with Crippen LogP contribution in [0.4, 0.5) is 0 Å². The minimum Gasteiger partial charge on any atom is -0.408 e. The van der Waals surface area contributed by atoms with E-state index < -0.39 is 5.76 Å². The normalized spacial score (nSPS) is 11.2. The topological polar surface area (TPSA) is 73.3 Å². The number of likely N-dealkylation sites (N-methyl/N-ethyl adjacent to an activating group) is 1. The number of para-hydroxylation sites is 3. The van der Waals surface area contributed by atoms with Crippen LogP contribution in [0.2, 0.25) is 0 Å². The Labute approximate surface area is 187 Å². The van der Waals surface area contributed by atoms with Gasteiger partial charge in [0.2, 0.25) is 5.91 Å². The maximum absolute atomic E-state index is 13.0. The van der Waals surface area contributed by atoms with E-state index in [0.717, 1.165) is 21.8 Å². The molecule has 8 heteroatoms. The predicted octanol–water partition coefficient (Wildman–Crippen LogP) is 4.17. The van der Waals surface area contributed by atoms with Crippen molar-refractivity contribution in [3.05, 3.63) is 94.4 Å². The number of aromatic nitrogens is 3. The molecule has 0 saturated carbocycles. The second-order valence-corrected chi connectivity index (χ2v) is 8.38. The predicted molar refractivity (Wildman–Crippen MR) is 124 cm³/mol. The Hall–Kier alpha value is -3.91. The molecule has 0 unspecified atom stereocenters.